The second kappa shape index (κ2) is 6.48. The summed E-state index contributed by atoms with van der Waals surface area (Å²) in [5.41, 5.74) is 4.93. The third-order valence-electron chi connectivity index (χ3n) is 4.25. The third-order valence-corrected chi connectivity index (χ3v) is 4.25. The number of amides is 1. The Morgan fingerprint density at radius 2 is 1.92 bits per heavy atom. The molecule has 0 aliphatic carbocycles. The number of imidazole rings is 1. The average Bonchev–Trinajstić information content (AvgIpc) is 3.18. The van der Waals surface area contributed by atoms with Crippen molar-refractivity contribution in [3.05, 3.63) is 77.9 Å². The van der Waals surface area contributed by atoms with Gasteiger partial charge in [-0.05, 0) is 49.7 Å². The summed E-state index contributed by atoms with van der Waals surface area (Å²) >= 11 is 0. The summed E-state index contributed by atoms with van der Waals surface area (Å²) in [4.78, 5) is 16.6. The molecule has 6 heteroatoms. The summed E-state index contributed by atoms with van der Waals surface area (Å²) in [6.07, 6.45) is 3.90. The number of carbonyl (C=O) groups excluding carboxylic acids is 1. The van der Waals surface area contributed by atoms with Crippen LogP contribution in [0.25, 0.3) is 11.2 Å². The van der Waals surface area contributed by atoms with Crippen molar-refractivity contribution in [3.63, 3.8) is 0 Å². The van der Waals surface area contributed by atoms with Gasteiger partial charge in [-0.25, -0.2) is 9.67 Å². The van der Waals surface area contributed by atoms with Crippen LogP contribution in [0.4, 0.5) is 5.95 Å². The van der Waals surface area contributed by atoms with Crippen LogP contribution in [0, 0.1) is 13.8 Å². The van der Waals surface area contributed by atoms with E-state index < -0.39 is 0 Å². The van der Waals surface area contributed by atoms with E-state index in [4.69, 9.17) is 0 Å². The normalized spacial score (nSPS) is 11.0. The zero-order chi connectivity index (χ0) is 18.1. The third kappa shape index (κ3) is 3.09. The van der Waals surface area contributed by atoms with E-state index in [1.54, 1.807) is 6.20 Å². The average molecular weight is 345 g/mol. The van der Waals surface area contributed by atoms with Crippen molar-refractivity contribution in [3.8, 4) is 5.69 Å². The molecule has 26 heavy (non-hydrogen) atoms. The molecule has 1 aromatic carbocycles. The highest BCUT2D eigenvalue weighted by Gasteiger charge is 2.09. The van der Waals surface area contributed by atoms with Gasteiger partial charge in [-0.3, -0.25) is 14.5 Å². The number of nitrogens with zero attached hydrogens (tertiary/aromatic N) is 4. The lowest BCUT2D eigenvalue weighted by atomic mass is 10.1. The molecule has 0 spiro atoms. The number of hydrogen-bond acceptors (Lipinski definition) is 3. The van der Waals surface area contributed by atoms with Crippen LogP contribution in [0.1, 0.15) is 17.0 Å². The molecule has 0 saturated carbocycles. The van der Waals surface area contributed by atoms with E-state index in [-0.39, 0.29) is 5.91 Å². The molecule has 0 saturated heterocycles. The zero-order valence-electron chi connectivity index (χ0n) is 14.7. The summed E-state index contributed by atoms with van der Waals surface area (Å²) in [6, 6.07) is 15.7. The Morgan fingerprint density at radius 1 is 1.12 bits per heavy atom. The smallest absolute Gasteiger partial charge is 0.231 e. The van der Waals surface area contributed by atoms with Gasteiger partial charge >= 0.3 is 0 Å². The number of benzene rings is 1. The van der Waals surface area contributed by atoms with E-state index in [9.17, 15) is 4.79 Å². The molecule has 130 valence electrons. The molecule has 4 rings (SSSR count). The quantitative estimate of drug-likeness (QED) is 0.617. The van der Waals surface area contributed by atoms with Crippen LogP contribution in [-0.2, 0) is 11.2 Å². The zero-order valence-corrected chi connectivity index (χ0v) is 14.7. The molecule has 0 fully saturated rings. The highest BCUT2D eigenvalue weighted by atomic mass is 16.1. The molecule has 6 nitrogen and oxygen atoms in total. The van der Waals surface area contributed by atoms with E-state index in [2.05, 4.69) is 15.4 Å². The largest absolute Gasteiger partial charge is 0.295 e. The van der Waals surface area contributed by atoms with Gasteiger partial charge < -0.3 is 0 Å². The van der Waals surface area contributed by atoms with E-state index in [1.807, 2.05) is 77.7 Å². The lowest BCUT2D eigenvalue weighted by Crippen LogP contribution is -2.16. The molecule has 1 N–H and O–H groups in total. The number of nitrogens with one attached hydrogen (secondary N) is 1. The maximum Gasteiger partial charge on any atom is 0.231 e. The van der Waals surface area contributed by atoms with Crippen molar-refractivity contribution >= 4 is 17.4 Å². The lowest BCUT2D eigenvalue weighted by Gasteiger charge is -2.07. The first-order valence-corrected chi connectivity index (χ1v) is 8.45. The minimum Gasteiger partial charge on any atom is -0.295 e. The van der Waals surface area contributed by atoms with Crippen LogP contribution in [-0.4, -0.2) is 25.1 Å². The van der Waals surface area contributed by atoms with Gasteiger partial charge in [-0.1, -0.05) is 18.2 Å². The molecular formula is C20H19N5O. The molecule has 3 aromatic heterocycles. The first-order valence-electron chi connectivity index (χ1n) is 8.45. The molecule has 0 bridgehead atoms. The van der Waals surface area contributed by atoms with Crippen molar-refractivity contribution in [2.75, 3.05) is 5.32 Å². The molecule has 0 aliphatic heterocycles. The van der Waals surface area contributed by atoms with Crippen LogP contribution < -0.4 is 5.32 Å². The number of rotatable bonds is 4. The van der Waals surface area contributed by atoms with E-state index in [0.717, 1.165) is 28.2 Å². The summed E-state index contributed by atoms with van der Waals surface area (Å²) in [5, 5.41) is 7.34. The minimum atomic E-state index is -0.0970. The number of carbonyl (C=O) groups is 1. The monoisotopic (exact) mass is 345 g/mol. The van der Waals surface area contributed by atoms with Gasteiger partial charge in [0.1, 0.15) is 0 Å². The summed E-state index contributed by atoms with van der Waals surface area (Å²) in [5.74, 6) is 0.435. The Balaban J connectivity index is 1.47. The predicted molar refractivity (Wildman–Crippen MR) is 101 cm³/mol. The Kier molecular flexibility index (Phi) is 4.01. The van der Waals surface area contributed by atoms with Crippen LogP contribution in [0.5, 0.6) is 0 Å². The highest BCUT2D eigenvalue weighted by Crippen LogP contribution is 2.14. The SMILES string of the molecule is Cc1cc(C)n(-c2ccc(CC(=O)Nc3ncc4ccccn34)cc2)n1. The number of anilines is 1. The first-order chi connectivity index (χ1) is 12.6. The minimum absolute atomic E-state index is 0.0970. The summed E-state index contributed by atoms with van der Waals surface area (Å²) in [7, 11) is 0. The van der Waals surface area contributed by atoms with Gasteiger partial charge in [0, 0.05) is 11.9 Å². The molecule has 0 aliphatic rings. The number of aryl methyl sites for hydroxylation is 2. The van der Waals surface area contributed by atoms with Crippen molar-refractivity contribution in [2.24, 2.45) is 0 Å². The summed E-state index contributed by atoms with van der Waals surface area (Å²) in [6.45, 7) is 4.00. The van der Waals surface area contributed by atoms with Crippen molar-refractivity contribution in [1.29, 1.82) is 0 Å². The number of aromatic nitrogens is 4. The van der Waals surface area contributed by atoms with Gasteiger partial charge in [-0.2, -0.15) is 5.10 Å². The molecule has 0 atom stereocenters. The fourth-order valence-electron chi connectivity index (χ4n) is 3.04. The molecule has 0 unspecified atom stereocenters. The van der Waals surface area contributed by atoms with Gasteiger partial charge in [-0.15, -0.1) is 0 Å². The number of pyridine rings is 1. The van der Waals surface area contributed by atoms with Gasteiger partial charge in [0.25, 0.3) is 0 Å². The Hall–Kier alpha value is -3.41. The summed E-state index contributed by atoms with van der Waals surface area (Å²) < 4.78 is 3.75. The molecule has 3 heterocycles. The van der Waals surface area contributed by atoms with E-state index in [0.29, 0.717) is 12.4 Å². The molecule has 4 aromatic rings. The van der Waals surface area contributed by atoms with Gasteiger partial charge in [0.2, 0.25) is 11.9 Å². The standard InChI is InChI=1S/C20H19N5O/c1-14-11-15(2)25(23-14)17-8-6-16(7-9-17)12-19(26)22-20-21-13-18-5-3-4-10-24(18)20/h3-11,13H,12H2,1-2H3,(H,21,22,26). The fraction of sp³-hybridized carbons (Fsp3) is 0.150. The van der Waals surface area contributed by atoms with Crippen LogP contribution in [0.15, 0.2) is 60.9 Å². The first kappa shape index (κ1) is 16.1. The van der Waals surface area contributed by atoms with E-state index in [1.165, 1.54) is 0 Å². The number of fused-ring (bicyclic) bond motifs is 1. The number of hydrogen-bond donors (Lipinski definition) is 1. The molecule has 1 amide bonds. The topological polar surface area (TPSA) is 64.2 Å². The van der Waals surface area contributed by atoms with Crippen molar-refractivity contribution in [1.82, 2.24) is 19.2 Å². The Bertz CT molecular complexity index is 1080. The molecular weight excluding hydrogens is 326 g/mol. The lowest BCUT2D eigenvalue weighted by molar-refractivity contribution is -0.115. The maximum atomic E-state index is 12.4. The fourth-order valence-corrected chi connectivity index (χ4v) is 3.04. The van der Waals surface area contributed by atoms with Crippen molar-refractivity contribution < 1.29 is 4.79 Å². The Morgan fingerprint density at radius 3 is 2.65 bits per heavy atom. The Labute approximate surface area is 151 Å². The van der Waals surface area contributed by atoms with Crippen LogP contribution in [0.3, 0.4) is 0 Å². The maximum absolute atomic E-state index is 12.4. The van der Waals surface area contributed by atoms with Gasteiger partial charge in [0.15, 0.2) is 0 Å². The highest BCUT2D eigenvalue weighted by molar-refractivity contribution is 5.91. The van der Waals surface area contributed by atoms with Gasteiger partial charge in [0.05, 0.1) is 29.5 Å². The second-order valence-corrected chi connectivity index (χ2v) is 6.31. The van der Waals surface area contributed by atoms with Crippen LogP contribution in [0.2, 0.25) is 0 Å². The molecule has 0 radical (unpaired) electrons. The predicted octanol–water partition coefficient (Wildman–Crippen LogP) is 3.32. The van der Waals surface area contributed by atoms with Crippen LogP contribution >= 0.6 is 0 Å². The second-order valence-electron chi connectivity index (χ2n) is 6.31. The van der Waals surface area contributed by atoms with E-state index >= 15 is 0 Å². The van der Waals surface area contributed by atoms with Crippen molar-refractivity contribution in [2.45, 2.75) is 20.3 Å².